The summed E-state index contributed by atoms with van der Waals surface area (Å²) in [5, 5.41) is 8.78. The van der Waals surface area contributed by atoms with Gasteiger partial charge in [-0.3, -0.25) is 4.98 Å². The second kappa shape index (κ2) is 5.29. The molecule has 2 aromatic rings. The lowest BCUT2D eigenvalue weighted by Crippen LogP contribution is -1.96. The number of aromatic nitrogens is 2. The van der Waals surface area contributed by atoms with E-state index in [9.17, 15) is 4.79 Å². The number of hydrogen-bond acceptors (Lipinski definition) is 4. The minimum Gasteiger partial charge on any atom is -0.478 e. The van der Waals surface area contributed by atoms with Crippen LogP contribution < -0.4 is 0 Å². The van der Waals surface area contributed by atoms with Crippen LogP contribution in [0.25, 0.3) is 10.4 Å². The van der Waals surface area contributed by atoms with Gasteiger partial charge < -0.3 is 5.11 Å². The summed E-state index contributed by atoms with van der Waals surface area (Å²) >= 11 is 6.97. The Bertz CT molecular complexity index is 516. The molecule has 16 heavy (non-hydrogen) atoms. The first-order valence-corrected chi connectivity index (χ1v) is 5.16. The Morgan fingerprint density at radius 1 is 1.38 bits per heavy atom. The highest BCUT2D eigenvalue weighted by Crippen LogP contribution is 2.28. The van der Waals surface area contributed by atoms with E-state index < -0.39 is 5.97 Å². The number of rotatable bonds is 2. The first-order valence-electron chi connectivity index (χ1n) is 3.97. The number of hydrogen-bond donors (Lipinski definition) is 1. The molecule has 0 aliphatic heterocycles. The molecule has 0 amide bonds. The minimum atomic E-state index is -1.00. The first-order chi connectivity index (χ1) is 7.16. The summed E-state index contributed by atoms with van der Waals surface area (Å²) in [6.07, 6.45) is 4.47. The van der Waals surface area contributed by atoms with Gasteiger partial charge in [-0.1, -0.05) is 11.6 Å². The molecule has 0 saturated carbocycles. The molecular weight excluding hydrogens is 268 g/mol. The molecule has 0 spiro atoms. The maximum atomic E-state index is 10.7. The van der Waals surface area contributed by atoms with Crippen molar-refractivity contribution in [2.45, 2.75) is 0 Å². The molecule has 0 saturated heterocycles. The summed E-state index contributed by atoms with van der Waals surface area (Å²) in [6, 6.07) is 1.54. The maximum Gasteiger partial charge on any atom is 0.337 e. The average Bonchev–Trinajstić information content (AvgIpc) is 2.65. The number of halogens is 1. The zero-order valence-corrected chi connectivity index (χ0v) is 10.4. The minimum absolute atomic E-state index is 0. The Morgan fingerprint density at radius 2 is 2.12 bits per heavy atom. The van der Waals surface area contributed by atoms with Gasteiger partial charge in [-0.15, -0.1) is 11.3 Å². The lowest BCUT2D eigenvalue weighted by atomic mass is 10.2. The third-order valence-corrected chi connectivity index (χ3v) is 2.91. The highest BCUT2D eigenvalue weighted by atomic mass is 35.5. The Kier molecular flexibility index (Phi) is 4.28. The van der Waals surface area contributed by atoms with E-state index in [1.54, 1.807) is 18.5 Å². The lowest BCUT2D eigenvalue weighted by molar-refractivity contribution is 0.0696. The molecule has 84 valence electrons. The normalized spacial score (nSPS) is 9.56. The second-order valence-electron chi connectivity index (χ2n) is 2.74. The van der Waals surface area contributed by atoms with E-state index in [-0.39, 0.29) is 19.1 Å². The number of nitrogens with zero attached hydrogens (tertiary/aromatic N) is 2. The third-order valence-electron chi connectivity index (χ3n) is 1.75. The van der Waals surface area contributed by atoms with Gasteiger partial charge in [0.25, 0.3) is 0 Å². The van der Waals surface area contributed by atoms with E-state index in [0.29, 0.717) is 10.0 Å². The van der Waals surface area contributed by atoms with Crippen LogP contribution in [0, 0.1) is 0 Å². The van der Waals surface area contributed by atoms with Gasteiger partial charge in [-0.2, -0.15) is 13.5 Å². The first kappa shape index (κ1) is 13.0. The number of carbonyl (C=O) groups is 1. The molecule has 2 aromatic heterocycles. The fraction of sp³-hybridized carbons (Fsp3) is 0. The highest BCUT2D eigenvalue weighted by Gasteiger charge is 2.07. The van der Waals surface area contributed by atoms with Gasteiger partial charge in [-0.05, 0) is 6.07 Å². The highest BCUT2D eigenvalue weighted by molar-refractivity contribution is 7.59. The van der Waals surface area contributed by atoms with Gasteiger partial charge in [0, 0.05) is 24.2 Å². The molecule has 2 rings (SSSR count). The van der Waals surface area contributed by atoms with Crippen LogP contribution in [-0.2, 0) is 0 Å². The smallest absolute Gasteiger partial charge is 0.337 e. The lowest BCUT2D eigenvalue weighted by Gasteiger charge is -1.97. The van der Waals surface area contributed by atoms with Gasteiger partial charge in [0.1, 0.15) is 0 Å². The van der Waals surface area contributed by atoms with Gasteiger partial charge in [-0.25, -0.2) is 9.78 Å². The Morgan fingerprint density at radius 3 is 2.69 bits per heavy atom. The van der Waals surface area contributed by atoms with Crippen molar-refractivity contribution in [3.8, 4) is 10.4 Å². The monoisotopic (exact) mass is 274 g/mol. The summed E-state index contributed by atoms with van der Waals surface area (Å²) < 4.78 is 0.422. The van der Waals surface area contributed by atoms with Crippen LogP contribution in [0.15, 0.2) is 24.7 Å². The molecule has 4 nitrogen and oxygen atoms in total. The quantitative estimate of drug-likeness (QED) is 0.914. The van der Waals surface area contributed by atoms with Gasteiger partial charge in [0.2, 0.25) is 0 Å². The van der Waals surface area contributed by atoms with Crippen LogP contribution in [0.4, 0.5) is 0 Å². The van der Waals surface area contributed by atoms with Crippen molar-refractivity contribution < 1.29 is 9.90 Å². The zero-order chi connectivity index (χ0) is 10.8. The summed E-state index contributed by atoms with van der Waals surface area (Å²) in [7, 11) is 0. The van der Waals surface area contributed by atoms with E-state index >= 15 is 0 Å². The molecule has 0 aliphatic rings. The maximum absolute atomic E-state index is 10.7. The predicted octanol–water partition coefficient (Wildman–Crippen LogP) is 2.67. The van der Waals surface area contributed by atoms with Crippen molar-refractivity contribution in [2.75, 3.05) is 0 Å². The van der Waals surface area contributed by atoms with E-state index in [4.69, 9.17) is 16.7 Å². The summed E-state index contributed by atoms with van der Waals surface area (Å²) in [5.74, 6) is -1.00. The molecule has 2 heterocycles. The number of pyridine rings is 1. The summed E-state index contributed by atoms with van der Waals surface area (Å²) in [4.78, 5) is 19.2. The summed E-state index contributed by atoms with van der Waals surface area (Å²) in [6.45, 7) is 0. The fourth-order valence-corrected chi connectivity index (χ4v) is 2.00. The Hall–Kier alpha value is -1.11. The van der Waals surface area contributed by atoms with E-state index in [0.717, 1.165) is 4.88 Å². The Balaban J connectivity index is 0.00000128. The van der Waals surface area contributed by atoms with E-state index in [2.05, 4.69) is 9.97 Å². The standard InChI is InChI=1S/C9H5ClN2O2S.H2S/c10-9-12-4-7(15-9)5-1-6(8(13)14)3-11-2-5;/h1-4H,(H,13,14);1H2. The van der Waals surface area contributed by atoms with Gasteiger partial charge in [0.05, 0.1) is 10.4 Å². The van der Waals surface area contributed by atoms with Gasteiger partial charge >= 0.3 is 5.97 Å². The van der Waals surface area contributed by atoms with Gasteiger partial charge in [0.15, 0.2) is 4.47 Å². The van der Waals surface area contributed by atoms with Crippen LogP contribution in [0.2, 0.25) is 4.47 Å². The average molecular weight is 275 g/mol. The van der Waals surface area contributed by atoms with Crippen LogP contribution in [0.5, 0.6) is 0 Å². The number of thiazole rings is 1. The molecule has 0 aliphatic carbocycles. The van der Waals surface area contributed by atoms with Crippen LogP contribution in [0.1, 0.15) is 10.4 Å². The largest absolute Gasteiger partial charge is 0.478 e. The molecule has 1 N–H and O–H groups in total. The number of aromatic carboxylic acids is 1. The second-order valence-corrected chi connectivity index (χ2v) is 4.36. The van der Waals surface area contributed by atoms with Crippen molar-refractivity contribution in [1.29, 1.82) is 0 Å². The van der Waals surface area contributed by atoms with Crippen molar-refractivity contribution in [1.82, 2.24) is 9.97 Å². The summed E-state index contributed by atoms with van der Waals surface area (Å²) in [5.41, 5.74) is 0.858. The van der Waals surface area contributed by atoms with Crippen LogP contribution in [0.3, 0.4) is 0 Å². The third kappa shape index (κ3) is 2.72. The van der Waals surface area contributed by atoms with Crippen LogP contribution >= 0.6 is 36.4 Å². The predicted molar refractivity (Wildman–Crippen MR) is 67.7 cm³/mol. The number of carboxylic acids is 1. The van der Waals surface area contributed by atoms with E-state index in [1.165, 1.54) is 17.5 Å². The molecule has 0 fully saturated rings. The Labute approximate surface area is 107 Å². The molecule has 0 atom stereocenters. The molecule has 0 aromatic carbocycles. The van der Waals surface area contributed by atoms with Crippen molar-refractivity contribution >= 4 is 42.4 Å². The van der Waals surface area contributed by atoms with Crippen LogP contribution in [-0.4, -0.2) is 21.0 Å². The molecule has 0 unspecified atom stereocenters. The van der Waals surface area contributed by atoms with Crippen molar-refractivity contribution in [3.05, 3.63) is 34.7 Å². The zero-order valence-electron chi connectivity index (χ0n) is 7.85. The van der Waals surface area contributed by atoms with Crippen molar-refractivity contribution in [2.24, 2.45) is 0 Å². The fourth-order valence-electron chi connectivity index (χ4n) is 1.08. The van der Waals surface area contributed by atoms with Crippen molar-refractivity contribution in [3.63, 3.8) is 0 Å². The van der Waals surface area contributed by atoms with E-state index in [1.807, 2.05) is 0 Å². The topological polar surface area (TPSA) is 63.1 Å². The number of carboxylic acid groups (broad SMARTS) is 1. The molecule has 0 radical (unpaired) electrons. The molecule has 0 bridgehead atoms. The molecule has 7 heteroatoms. The molecular formula is C9H7ClN2O2S2. The SMILES string of the molecule is O=C(O)c1cncc(-c2cnc(Cl)s2)c1.S.